The van der Waals surface area contributed by atoms with E-state index in [1.165, 1.54) is 5.56 Å². The van der Waals surface area contributed by atoms with Crippen LogP contribution in [-0.4, -0.2) is 43.0 Å². The van der Waals surface area contributed by atoms with Crippen LogP contribution in [0.15, 0.2) is 54.6 Å². The highest BCUT2D eigenvalue weighted by molar-refractivity contribution is 5.97. The molecule has 1 aliphatic heterocycles. The molecule has 5 nitrogen and oxygen atoms in total. The Hall–Kier alpha value is -2.82. The first-order chi connectivity index (χ1) is 14.6. The predicted molar refractivity (Wildman–Crippen MR) is 118 cm³/mol. The van der Waals surface area contributed by atoms with Gasteiger partial charge >= 0.3 is 0 Å². The van der Waals surface area contributed by atoms with E-state index >= 15 is 0 Å². The van der Waals surface area contributed by atoms with Gasteiger partial charge in [0.2, 0.25) is 11.8 Å². The molecule has 0 unspecified atom stereocenters. The zero-order chi connectivity index (χ0) is 20.9. The fourth-order valence-electron chi connectivity index (χ4n) is 4.68. The number of carbonyl (C=O) groups is 2. The van der Waals surface area contributed by atoms with Gasteiger partial charge in [-0.3, -0.25) is 9.59 Å². The van der Waals surface area contributed by atoms with Gasteiger partial charge in [0.1, 0.15) is 12.4 Å². The van der Waals surface area contributed by atoms with E-state index in [1.807, 2.05) is 36.2 Å². The maximum absolute atomic E-state index is 12.8. The Kier molecular flexibility index (Phi) is 6.36. The zero-order valence-electron chi connectivity index (χ0n) is 17.6. The number of fused-ring (bicyclic) bond motifs is 1. The Morgan fingerprint density at radius 2 is 1.67 bits per heavy atom. The van der Waals surface area contributed by atoms with Crippen molar-refractivity contribution in [3.8, 4) is 5.75 Å². The van der Waals surface area contributed by atoms with Crippen LogP contribution in [0.2, 0.25) is 0 Å². The first-order valence-electron chi connectivity index (χ1n) is 11.0. The van der Waals surface area contributed by atoms with Crippen molar-refractivity contribution in [1.82, 2.24) is 4.90 Å². The second-order valence-corrected chi connectivity index (χ2v) is 8.28. The number of carbonyl (C=O) groups excluding carboxylic acids is 2. The second-order valence-electron chi connectivity index (χ2n) is 8.28. The molecule has 0 radical (unpaired) electrons. The van der Waals surface area contributed by atoms with Crippen LogP contribution < -0.4 is 9.64 Å². The number of nitrogens with zero attached hydrogens (tertiary/aromatic N) is 2. The number of hydrogen-bond donors (Lipinski definition) is 0. The van der Waals surface area contributed by atoms with Crippen molar-refractivity contribution in [3.05, 3.63) is 60.2 Å². The molecule has 2 aliphatic rings. The number of amides is 2. The average molecular weight is 407 g/mol. The Morgan fingerprint density at radius 3 is 2.43 bits per heavy atom. The minimum absolute atomic E-state index is 0.0136. The highest BCUT2D eigenvalue weighted by Gasteiger charge is 2.28. The maximum Gasteiger partial charge on any atom is 0.227 e. The van der Waals surface area contributed by atoms with E-state index in [9.17, 15) is 9.59 Å². The lowest BCUT2D eigenvalue weighted by Gasteiger charge is -2.35. The van der Waals surface area contributed by atoms with Crippen molar-refractivity contribution in [2.45, 2.75) is 50.5 Å². The Labute approximate surface area is 178 Å². The number of para-hydroxylation sites is 2. The van der Waals surface area contributed by atoms with E-state index in [2.05, 4.69) is 30.3 Å². The number of benzene rings is 2. The van der Waals surface area contributed by atoms with E-state index in [1.54, 1.807) is 4.90 Å². The summed E-state index contributed by atoms with van der Waals surface area (Å²) >= 11 is 0. The standard InChI is InChI=1S/C25H30N2O3/c1-26(21-13-11-20(12-14-21)19-7-3-2-4-8-19)24(28)15-16-25(29)27-17-18-30-23-10-6-5-9-22(23)27/h2-10,20-21H,11-18H2,1H3. The molecule has 2 aromatic carbocycles. The van der Waals surface area contributed by atoms with E-state index in [0.717, 1.165) is 37.1 Å². The molecule has 1 heterocycles. The molecule has 4 rings (SSSR count). The lowest BCUT2D eigenvalue weighted by atomic mass is 9.81. The molecule has 0 aromatic heterocycles. The molecule has 0 spiro atoms. The minimum atomic E-state index is -0.0136. The third kappa shape index (κ3) is 4.50. The molecule has 2 aromatic rings. The van der Waals surface area contributed by atoms with Gasteiger partial charge < -0.3 is 14.5 Å². The summed E-state index contributed by atoms with van der Waals surface area (Å²) in [5.74, 6) is 1.37. The summed E-state index contributed by atoms with van der Waals surface area (Å²) in [4.78, 5) is 29.1. The molecule has 5 heteroatoms. The van der Waals surface area contributed by atoms with Crippen LogP contribution in [-0.2, 0) is 9.59 Å². The van der Waals surface area contributed by atoms with E-state index < -0.39 is 0 Å². The second kappa shape index (κ2) is 9.33. The Balaban J connectivity index is 1.27. The fraction of sp³-hybridized carbons (Fsp3) is 0.440. The lowest BCUT2D eigenvalue weighted by Crippen LogP contribution is -2.41. The normalized spacial score (nSPS) is 20.8. The van der Waals surface area contributed by atoms with Crippen molar-refractivity contribution in [2.24, 2.45) is 0 Å². The molecule has 0 N–H and O–H groups in total. The van der Waals surface area contributed by atoms with Gasteiger partial charge in [0, 0.05) is 25.9 Å². The molecular formula is C25H30N2O3. The number of ether oxygens (including phenoxy) is 1. The molecule has 0 atom stereocenters. The van der Waals surface area contributed by atoms with Crippen LogP contribution in [0.3, 0.4) is 0 Å². The molecule has 2 amide bonds. The first kappa shape index (κ1) is 20.5. The fourth-order valence-corrected chi connectivity index (χ4v) is 4.68. The lowest BCUT2D eigenvalue weighted by molar-refractivity contribution is -0.134. The smallest absolute Gasteiger partial charge is 0.227 e. The van der Waals surface area contributed by atoms with Crippen LogP contribution in [0.5, 0.6) is 5.75 Å². The summed E-state index contributed by atoms with van der Waals surface area (Å²) < 4.78 is 5.62. The Morgan fingerprint density at radius 1 is 0.967 bits per heavy atom. The quantitative estimate of drug-likeness (QED) is 0.741. The van der Waals surface area contributed by atoms with Crippen LogP contribution in [0.25, 0.3) is 0 Å². The monoisotopic (exact) mass is 406 g/mol. The molecule has 0 bridgehead atoms. The van der Waals surface area contributed by atoms with Crippen LogP contribution >= 0.6 is 0 Å². The molecule has 1 aliphatic carbocycles. The SMILES string of the molecule is CN(C(=O)CCC(=O)N1CCOc2ccccc21)C1CCC(c2ccccc2)CC1. The number of hydrogen-bond acceptors (Lipinski definition) is 3. The van der Waals surface area contributed by atoms with Crippen molar-refractivity contribution in [1.29, 1.82) is 0 Å². The van der Waals surface area contributed by atoms with Crippen molar-refractivity contribution in [3.63, 3.8) is 0 Å². The summed E-state index contributed by atoms with van der Waals surface area (Å²) in [6, 6.07) is 18.5. The first-order valence-corrected chi connectivity index (χ1v) is 11.0. The molecule has 158 valence electrons. The highest BCUT2D eigenvalue weighted by atomic mass is 16.5. The van der Waals surface area contributed by atoms with E-state index in [4.69, 9.17) is 4.74 Å². The summed E-state index contributed by atoms with van der Waals surface area (Å²) in [7, 11) is 1.89. The Bertz CT molecular complexity index is 875. The number of anilines is 1. The van der Waals surface area contributed by atoms with Crippen LogP contribution in [0.1, 0.15) is 50.0 Å². The van der Waals surface area contributed by atoms with Gasteiger partial charge in [-0.1, -0.05) is 42.5 Å². The number of rotatable bonds is 5. The maximum atomic E-state index is 12.8. The zero-order valence-corrected chi connectivity index (χ0v) is 17.6. The molecule has 30 heavy (non-hydrogen) atoms. The van der Waals surface area contributed by atoms with E-state index in [0.29, 0.717) is 19.1 Å². The largest absolute Gasteiger partial charge is 0.490 e. The van der Waals surface area contributed by atoms with Gasteiger partial charge in [-0.05, 0) is 49.3 Å². The van der Waals surface area contributed by atoms with Gasteiger partial charge in [-0.15, -0.1) is 0 Å². The highest BCUT2D eigenvalue weighted by Crippen LogP contribution is 2.35. The van der Waals surface area contributed by atoms with Crippen molar-refractivity contribution < 1.29 is 14.3 Å². The minimum Gasteiger partial charge on any atom is -0.490 e. The predicted octanol–water partition coefficient (Wildman–Crippen LogP) is 4.38. The molecular weight excluding hydrogens is 376 g/mol. The summed E-state index contributed by atoms with van der Waals surface area (Å²) in [5.41, 5.74) is 2.20. The average Bonchev–Trinajstić information content (AvgIpc) is 2.82. The van der Waals surface area contributed by atoms with Crippen molar-refractivity contribution >= 4 is 17.5 Å². The van der Waals surface area contributed by atoms with Gasteiger partial charge in [-0.25, -0.2) is 0 Å². The summed E-state index contributed by atoms with van der Waals surface area (Å²) in [6.45, 7) is 1.02. The van der Waals surface area contributed by atoms with Gasteiger partial charge in [0.15, 0.2) is 0 Å². The molecule has 0 saturated heterocycles. The summed E-state index contributed by atoms with van der Waals surface area (Å²) in [5, 5.41) is 0. The van der Waals surface area contributed by atoms with Crippen molar-refractivity contribution in [2.75, 3.05) is 25.1 Å². The van der Waals surface area contributed by atoms with Gasteiger partial charge in [-0.2, -0.15) is 0 Å². The topological polar surface area (TPSA) is 49.9 Å². The third-order valence-electron chi connectivity index (χ3n) is 6.49. The van der Waals surface area contributed by atoms with Crippen LogP contribution in [0.4, 0.5) is 5.69 Å². The molecule has 1 saturated carbocycles. The summed E-state index contributed by atoms with van der Waals surface area (Å²) in [6.07, 6.45) is 4.75. The van der Waals surface area contributed by atoms with Gasteiger partial charge in [0.05, 0.1) is 12.2 Å². The van der Waals surface area contributed by atoms with Gasteiger partial charge in [0.25, 0.3) is 0 Å². The molecule has 1 fully saturated rings. The van der Waals surface area contributed by atoms with Crippen LogP contribution in [0, 0.1) is 0 Å². The third-order valence-corrected chi connectivity index (χ3v) is 6.49. The van der Waals surface area contributed by atoms with E-state index in [-0.39, 0.29) is 30.7 Å².